The Morgan fingerprint density at radius 3 is 2.28 bits per heavy atom. The first-order chi connectivity index (χ1) is 15.5. The topological polar surface area (TPSA) is 46.3 Å². The molecule has 1 aliphatic rings. The molecule has 4 heteroatoms. The van der Waals surface area contributed by atoms with Gasteiger partial charge in [-0.3, -0.25) is 4.79 Å². The SMILES string of the molecule is CC[C@H](C)[C@H](N)CN(C(=O)[C@@H]1C[C@H]1c1ccccc1F)c1ccc(-c2ccccc2)cc1. The van der Waals surface area contributed by atoms with Crippen LogP contribution in [0.5, 0.6) is 0 Å². The van der Waals surface area contributed by atoms with Crippen molar-refractivity contribution >= 4 is 11.6 Å². The van der Waals surface area contributed by atoms with Crippen molar-refractivity contribution in [3.8, 4) is 11.1 Å². The first-order valence-corrected chi connectivity index (χ1v) is 11.5. The molecule has 0 spiro atoms. The maximum atomic E-state index is 14.3. The van der Waals surface area contributed by atoms with E-state index in [9.17, 15) is 9.18 Å². The quantitative estimate of drug-likeness (QED) is 0.476. The molecule has 166 valence electrons. The van der Waals surface area contributed by atoms with E-state index in [1.54, 1.807) is 12.1 Å². The molecule has 0 bridgehead atoms. The van der Waals surface area contributed by atoms with Crippen molar-refractivity contribution in [1.29, 1.82) is 0 Å². The van der Waals surface area contributed by atoms with Crippen LogP contribution < -0.4 is 10.6 Å². The maximum absolute atomic E-state index is 14.3. The van der Waals surface area contributed by atoms with Crippen molar-refractivity contribution in [2.75, 3.05) is 11.4 Å². The zero-order chi connectivity index (χ0) is 22.7. The van der Waals surface area contributed by atoms with Gasteiger partial charge in [-0.25, -0.2) is 4.39 Å². The van der Waals surface area contributed by atoms with E-state index >= 15 is 0 Å². The molecule has 0 radical (unpaired) electrons. The summed E-state index contributed by atoms with van der Waals surface area (Å²) in [6.07, 6.45) is 1.63. The normalized spacial score (nSPS) is 19.2. The summed E-state index contributed by atoms with van der Waals surface area (Å²) in [5.41, 5.74) is 10.2. The van der Waals surface area contributed by atoms with Gasteiger partial charge in [-0.15, -0.1) is 0 Å². The predicted molar refractivity (Wildman–Crippen MR) is 129 cm³/mol. The number of carbonyl (C=O) groups is 1. The van der Waals surface area contributed by atoms with Gasteiger partial charge in [-0.05, 0) is 53.1 Å². The van der Waals surface area contributed by atoms with E-state index in [-0.39, 0.29) is 29.6 Å². The lowest BCUT2D eigenvalue weighted by Crippen LogP contribution is -2.45. The van der Waals surface area contributed by atoms with Crippen LogP contribution in [0.15, 0.2) is 78.9 Å². The second-order valence-electron chi connectivity index (χ2n) is 8.88. The minimum atomic E-state index is -0.233. The Hall–Kier alpha value is -2.98. The summed E-state index contributed by atoms with van der Waals surface area (Å²) in [5, 5.41) is 0. The Bertz CT molecular complexity index is 1050. The second-order valence-corrected chi connectivity index (χ2v) is 8.88. The molecule has 32 heavy (non-hydrogen) atoms. The number of nitrogens with zero attached hydrogens (tertiary/aromatic N) is 1. The lowest BCUT2D eigenvalue weighted by molar-refractivity contribution is -0.120. The van der Waals surface area contributed by atoms with Crippen molar-refractivity contribution in [1.82, 2.24) is 0 Å². The number of nitrogens with two attached hydrogens (primary N) is 1. The minimum Gasteiger partial charge on any atom is -0.326 e. The summed E-state index contributed by atoms with van der Waals surface area (Å²) in [5.74, 6) is -0.165. The first-order valence-electron chi connectivity index (χ1n) is 11.5. The van der Waals surface area contributed by atoms with Gasteiger partial charge in [-0.2, -0.15) is 0 Å². The zero-order valence-electron chi connectivity index (χ0n) is 18.7. The molecule has 3 aromatic carbocycles. The molecule has 3 aromatic rings. The van der Waals surface area contributed by atoms with E-state index in [1.807, 2.05) is 53.4 Å². The number of anilines is 1. The Kier molecular flexibility index (Phi) is 6.71. The fraction of sp³-hybridized carbons (Fsp3) is 0.321. The largest absolute Gasteiger partial charge is 0.326 e. The Morgan fingerprint density at radius 1 is 1.00 bits per heavy atom. The summed E-state index contributed by atoms with van der Waals surface area (Å²) >= 11 is 0. The van der Waals surface area contributed by atoms with Crippen molar-refractivity contribution in [2.45, 2.75) is 38.6 Å². The molecule has 0 aliphatic heterocycles. The molecule has 3 nitrogen and oxygen atoms in total. The summed E-state index contributed by atoms with van der Waals surface area (Å²) < 4.78 is 14.3. The van der Waals surface area contributed by atoms with Gasteiger partial charge in [0.2, 0.25) is 5.91 Å². The highest BCUT2D eigenvalue weighted by atomic mass is 19.1. The fourth-order valence-corrected chi connectivity index (χ4v) is 4.27. The molecule has 4 rings (SSSR count). The van der Waals surface area contributed by atoms with Crippen LogP contribution in [-0.4, -0.2) is 18.5 Å². The highest BCUT2D eigenvalue weighted by Gasteiger charge is 2.47. The fourth-order valence-electron chi connectivity index (χ4n) is 4.27. The lowest BCUT2D eigenvalue weighted by atomic mass is 9.98. The number of rotatable bonds is 8. The van der Waals surface area contributed by atoms with Gasteiger partial charge in [0.05, 0.1) is 0 Å². The standard InChI is InChI=1S/C28H31FN2O/c1-3-19(2)27(30)18-31(22-15-13-21(14-16-22)20-9-5-4-6-10-20)28(32)25-17-24(25)23-11-7-8-12-26(23)29/h4-16,19,24-25,27H,3,17-18,30H2,1-2H3/t19-,24-,25+,27+/m0/s1. The average molecular weight is 431 g/mol. The number of benzene rings is 3. The van der Waals surface area contributed by atoms with Gasteiger partial charge in [0, 0.05) is 24.2 Å². The number of amides is 1. The van der Waals surface area contributed by atoms with Crippen LogP contribution in [0.4, 0.5) is 10.1 Å². The molecule has 4 atom stereocenters. The molecule has 0 unspecified atom stereocenters. The highest BCUT2D eigenvalue weighted by molar-refractivity contribution is 5.97. The molecule has 1 amide bonds. The van der Waals surface area contributed by atoms with Crippen LogP contribution in [0.25, 0.3) is 11.1 Å². The van der Waals surface area contributed by atoms with E-state index in [0.717, 1.165) is 23.2 Å². The summed E-state index contributed by atoms with van der Waals surface area (Å²) in [6.45, 7) is 4.69. The van der Waals surface area contributed by atoms with Crippen molar-refractivity contribution in [2.24, 2.45) is 17.6 Å². The molecule has 0 aromatic heterocycles. The van der Waals surface area contributed by atoms with E-state index < -0.39 is 0 Å². The van der Waals surface area contributed by atoms with Gasteiger partial charge in [0.25, 0.3) is 0 Å². The summed E-state index contributed by atoms with van der Waals surface area (Å²) in [4.78, 5) is 15.4. The van der Waals surface area contributed by atoms with E-state index in [0.29, 0.717) is 24.4 Å². The second kappa shape index (κ2) is 9.66. The van der Waals surface area contributed by atoms with Gasteiger partial charge < -0.3 is 10.6 Å². The van der Waals surface area contributed by atoms with E-state index in [2.05, 4.69) is 26.0 Å². The molecule has 1 saturated carbocycles. The predicted octanol–water partition coefficient (Wildman–Crippen LogP) is 6.00. The average Bonchev–Trinajstić information content (AvgIpc) is 3.63. The highest BCUT2D eigenvalue weighted by Crippen LogP contribution is 2.49. The molecule has 2 N–H and O–H groups in total. The zero-order valence-corrected chi connectivity index (χ0v) is 18.7. The van der Waals surface area contributed by atoms with Gasteiger partial charge in [0.1, 0.15) is 5.82 Å². The van der Waals surface area contributed by atoms with Gasteiger partial charge in [0.15, 0.2) is 0 Å². The number of carbonyl (C=O) groups excluding carboxylic acids is 1. The Balaban J connectivity index is 1.58. The van der Waals surface area contributed by atoms with Gasteiger partial charge in [-0.1, -0.05) is 80.9 Å². The van der Waals surface area contributed by atoms with Crippen LogP contribution in [0.1, 0.15) is 38.2 Å². The minimum absolute atomic E-state index is 0.0319. The molecule has 1 aliphatic carbocycles. The van der Waals surface area contributed by atoms with Crippen LogP contribution in [-0.2, 0) is 4.79 Å². The molecule has 0 heterocycles. The molecular weight excluding hydrogens is 399 g/mol. The number of hydrogen-bond acceptors (Lipinski definition) is 2. The monoisotopic (exact) mass is 430 g/mol. The van der Waals surface area contributed by atoms with Gasteiger partial charge >= 0.3 is 0 Å². The lowest BCUT2D eigenvalue weighted by Gasteiger charge is -2.29. The van der Waals surface area contributed by atoms with E-state index in [1.165, 1.54) is 6.07 Å². The van der Waals surface area contributed by atoms with Crippen LogP contribution in [0.2, 0.25) is 0 Å². The first kappa shape index (κ1) is 22.2. The smallest absolute Gasteiger partial charge is 0.230 e. The maximum Gasteiger partial charge on any atom is 0.230 e. The summed E-state index contributed by atoms with van der Waals surface area (Å²) in [6, 6.07) is 24.9. The van der Waals surface area contributed by atoms with Crippen LogP contribution in [0, 0.1) is 17.7 Å². The molecule has 1 fully saturated rings. The third kappa shape index (κ3) is 4.76. The third-order valence-corrected chi connectivity index (χ3v) is 6.73. The molecule has 0 saturated heterocycles. The Labute approximate surface area is 190 Å². The van der Waals surface area contributed by atoms with Crippen LogP contribution in [0.3, 0.4) is 0 Å². The van der Waals surface area contributed by atoms with Crippen molar-refractivity contribution in [3.05, 3.63) is 90.2 Å². The van der Waals surface area contributed by atoms with Crippen molar-refractivity contribution < 1.29 is 9.18 Å². The number of hydrogen-bond donors (Lipinski definition) is 1. The van der Waals surface area contributed by atoms with Crippen LogP contribution >= 0.6 is 0 Å². The van der Waals surface area contributed by atoms with Crippen molar-refractivity contribution in [3.63, 3.8) is 0 Å². The summed E-state index contributed by atoms with van der Waals surface area (Å²) in [7, 11) is 0. The number of halogens is 1. The van der Waals surface area contributed by atoms with E-state index in [4.69, 9.17) is 5.73 Å². The Morgan fingerprint density at radius 2 is 1.62 bits per heavy atom. The third-order valence-electron chi connectivity index (χ3n) is 6.73. The molecular formula is C28H31FN2O.